The average Bonchev–Trinajstić information content (AvgIpc) is 2.40. The second-order valence-electron chi connectivity index (χ2n) is 3.63. The summed E-state index contributed by atoms with van der Waals surface area (Å²) in [6, 6.07) is 19.1. The standard InChI is InChI=1S/C9H12O.C6H5Cl.H3N/c1-2-9(10)8-6-4-3-5-7-8;7-6-4-2-1-3-5-6;/h3-7,9-10H,2H2,1H3;1-5H;1H3. The zero-order valence-corrected chi connectivity index (χ0v) is 11.3. The molecule has 0 spiro atoms. The Balaban J connectivity index is 0.000000321. The minimum absolute atomic E-state index is 0. The van der Waals surface area contributed by atoms with Crippen molar-refractivity contribution in [1.82, 2.24) is 6.15 Å². The molecule has 0 heterocycles. The molecule has 2 rings (SSSR count). The predicted octanol–water partition coefficient (Wildman–Crippen LogP) is 4.63. The van der Waals surface area contributed by atoms with E-state index < -0.39 is 0 Å². The summed E-state index contributed by atoms with van der Waals surface area (Å²) in [7, 11) is 0. The lowest BCUT2D eigenvalue weighted by molar-refractivity contribution is 0.173. The van der Waals surface area contributed by atoms with Crippen LogP contribution < -0.4 is 6.15 Å². The first-order valence-electron chi connectivity index (χ1n) is 5.67. The fourth-order valence-electron chi connectivity index (χ4n) is 1.33. The monoisotopic (exact) mass is 265 g/mol. The number of benzene rings is 2. The summed E-state index contributed by atoms with van der Waals surface area (Å²) in [6.45, 7) is 1.97. The summed E-state index contributed by atoms with van der Waals surface area (Å²) in [5.41, 5.74) is 1.00. The van der Waals surface area contributed by atoms with Gasteiger partial charge in [-0.15, -0.1) is 0 Å². The predicted molar refractivity (Wildman–Crippen MR) is 78.2 cm³/mol. The normalized spacial score (nSPS) is 10.6. The van der Waals surface area contributed by atoms with Crippen molar-refractivity contribution < 1.29 is 5.11 Å². The van der Waals surface area contributed by atoms with Crippen molar-refractivity contribution in [2.24, 2.45) is 0 Å². The summed E-state index contributed by atoms with van der Waals surface area (Å²) in [6.07, 6.45) is 0.491. The zero-order valence-electron chi connectivity index (χ0n) is 10.6. The van der Waals surface area contributed by atoms with Crippen molar-refractivity contribution in [3.8, 4) is 0 Å². The summed E-state index contributed by atoms with van der Waals surface area (Å²) < 4.78 is 0. The van der Waals surface area contributed by atoms with E-state index in [1.54, 1.807) is 0 Å². The fourth-order valence-corrected chi connectivity index (χ4v) is 1.47. The largest absolute Gasteiger partial charge is 0.388 e. The molecule has 0 aliphatic carbocycles. The molecular formula is C15H20ClNO. The third-order valence-corrected chi connectivity index (χ3v) is 2.56. The van der Waals surface area contributed by atoms with Gasteiger partial charge in [0, 0.05) is 5.02 Å². The van der Waals surface area contributed by atoms with Crippen molar-refractivity contribution in [2.75, 3.05) is 0 Å². The van der Waals surface area contributed by atoms with Crippen LogP contribution >= 0.6 is 11.6 Å². The SMILES string of the molecule is CCC(O)c1ccccc1.Clc1ccccc1.N. The van der Waals surface area contributed by atoms with Crippen molar-refractivity contribution >= 4 is 11.6 Å². The van der Waals surface area contributed by atoms with Crippen LogP contribution in [0.1, 0.15) is 25.0 Å². The van der Waals surface area contributed by atoms with Crippen LogP contribution in [0.25, 0.3) is 0 Å². The maximum atomic E-state index is 9.33. The Bertz CT molecular complexity index is 405. The lowest BCUT2D eigenvalue weighted by atomic mass is 10.1. The molecule has 1 atom stereocenters. The molecule has 2 nitrogen and oxygen atoms in total. The van der Waals surface area contributed by atoms with E-state index in [-0.39, 0.29) is 12.3 Å². The first kappa shape index (κ1) is 16.6. The van der Waals surface area contributed by atoms with E-state index in [2.05, 4.69) is 0 Å². The Hall–Kier alpha value is -1.35. The quantitative estimate of drug-likeness (QED) is 0.832. The molecule has 0 fully saturated rings. The lowest BCUT2D eigenvalue weighted by Crippen LogP contribution is -1.93. The molecule has 3 heteroatoms. The highest BCUT2D eigenvalue weighted by molar-refractivity contribution is 6.30. The summed E-state index contributed by atoms with van der Waals surface area (Å²) in [4.78, 5) is 0. The molecule has 0 saturated carbocycles. The molecule has 0 saturated heterocycles. The number of aliphatic hydroxyl groups excluding tert-OH is 1. The van der Waals surface area contributed by atoms with Gasteiger partial charge >= 0.3 is 0 Å². The second-order valence-corrected chi connectivity index (χ2v) is 4.07. The molecule has 98 valence electrons. The van der Waals surface area contributed by atoms with Crippen LogP contribution in [0, 0.1) is 0 Å². The van der Waals surface area contributed by atoms with Gasteiger partial charge in [-0.1, -0.05) is 67.1 Å². The van der Waals surface area contributed by atoms with Gasteiger partial charge in [-0.3, -0.25) is 0 Å². The minimum atomic E-state index is -0.291. The van der Waals surface area contributed by atoms with Crippen molar-refractivity contribution in [2.45, 2.75) is 19.4 Å². The molecule has 0 amide bonds. The third-order valence-electron chi connectivity index (χ3n) is 2.30. The number of rotatable bonds is 2. The van der Waals surface area contributed by atoms with Gasteiger partial charge in [0.05, 0.1) is 6.10 Å². The smallest absolute Gasteiger partial charge is 0.0787 e. The first-order chi connectivity index (χ1) is 8.24. The molecule has 18 heavy (non-hydrogen) atoms. The Morgan fingerprint density at radius 1 is 0.944 bits per heavy atom. The van der Waals surface area contributed by atoms with Crippen molar-refractivity contribution in [3.05, 3.63) is 71.2 Å². The number of halogens is 1. The Morgan fingerprint density at radius 2 is 1.39 bits per heavy atom. The molecule has 0 aliphatic rings. The molecule has 2 aromatic rings. The van der Waals surface area contributed by atoms with Gasteiger partial charge in [0.2, 0.25) is 0 Å². The maximum absolute atomic E-state index is 9.33. The zero-order chi connectivity index (χ0) is 12.5. The molecule has 0 aromatic heterocycles. The highest BCUT2D eigenvalue weighted by atomic mass is 35.5. The fraction of sp³-hybridized carbons (Fsp3) is 0.200. The third kappa shape index (κ3) is 6.40. The van der Waals surface area contributed by atoms with Crippen molar-refractivity contribution in [3.63, 3.8) is 0 Å². The minimum Gasteiger partial charge on any atom is -0.388 e. The van der Waals surface area contributed by atoms with E-state index in [1.807, 2.05) is 67.6 Å². The Morgan fingerprint density at radius 3 is 1.72 bits per heavy atom. The van der Waals surface area contributed by atoms with Crippen LogP contribution in [0.3, 0.4) is 0 Å². The van der Waals surface area contributed by atoms with Crippen LogP contribution in [0.15, 0.2) is 60.7 Å². The Labute approximate surface area is 114 Å². The maximum Gasteiger partial charge on any atom is 0.0787 e. The Kier molecular flexibility index (Phi) is 8.93. The second kappa shape index (κ2) is 9.66. The molecule has 0 radical (unpaired) electrons. The van der Waals surface area contributed by atoms with E-state index >= 15 is 0 Å². The van der Waals surface area contributed by atoms with Gasteiger partial charge in [-0.25, -0.2) is 0 Å². The number of hydrogen-bond acceptors (Lipinski definition) is 2. The number of aliphatic hydroxyl groups is 1. The van der Waals surface area contributed by atoms with E-state index in [4.69, 9.17) is 11.6 Å². The lowest BCUT2D eigenvalue weighted by Gasteiger charge is -2.05. The van der Waals surface area contributed by atoms with Gasteiger partial charge in [-0.2, -0.15) is 0 Å². The molecule has 0 bridgehead atoms. The summed E-state index contributed by atoms with van der Waals surface area (Å²) in [5.74, 6) is 0. The molecule has 2 aromatic carbocycles. The van der Waals surface area contributed by atoms with Gasteiger partial charge < -0.3 is 11.3 Å². The van der Waals surface area contributed by atoms with Crippen LogP contribution in [-0.2, 0) is 0 Å². The summed E-state index contributed by atoms with van der Waals surface area (Å²) >= 11 is 5.54. The first-order valence-corrected chi connectivity index (χ1v) is 6.05. The van der Waals surface area contributed by atoms with Gasteiger partial charge in [0.15, 0.2) is 0 Å². The average molecular weight is 266 g/mol. The van der Waals surface area contributed by atoms with Crippen molar-refractivity contribution in [1.29, 1.82) is 0 Å². The number of hydrogen-bond donors (Lipinski definition) is 2. The van der Waals surface area contributed by atoms with Gasteiger partial charge in [0.25, 0.3) is 0 Å². The van der Waals surface area contributed by atoms with Gasteiger partial charge in [-0.05, 0) is 24.1 Å². The van der Waals surface area contributed by atoms with E-state index in [1.165, 1.54) is 0 Å². The molecule has 0 aliphatic heterocycles. The van der Waals surface area contributed by atoms with Gasteiger partial charge in [0.1, 0.15) is 0 Å². The van der Waals surface area contributed by atoms with E-state index in [9.17, 15) is 5.11 Å². The van der Waals surface area contributed by atoms with E-state index in [0.717, 1.165) is 17.0 Å². The van der Waals surface area contributed by atoms with Crippen LogP contribution in [0.5, 0.6) is 0 Å². The topological polar surface area (TPSA) is 55.2 Å². The van der Waals surface area contributed by atoms with Crippen LogP contribution in [0.4, 0.5) is 0 Å². The molecule has 4 N–H and O–H groups in total. The van der Waals surface area contributed by atoms with E-state index in [0.29, 0.717) is 0 Å². The van der Waals surface area contributed by atoms with Crippen LogP contribution in [0.2, 0.25) is 5.02 Å². The highest BCUT2D eigenvalue weighted by Gasteiger charge is 2.00. The highest BCUT2D eigenvalue weighted by Crippen LogP contribution is 2.14. The van der Waals surface area contributed by atoms with Crippen LogP contribution in [-0.4, -0.2) is 5.11 Å². The molecular weight excluding hydrogens is 246 g/mol. The molecule has 1 unspecified atom stereocenters. The summed E-state index contributed by atoms with van der Waals surface area (Å²) in [5, 5.41) is 10.1.